The second-order valence-corrected chi connectivity index (χ2v) is 4.89. The maximum atomic E-state index is 9.18. The van der Waals surface area contributed by atoms with E-state index < -0.39 is 0 Å². The number of aromatic nitrogens is 2. The van der Waals surface area contributed by atoms with Gasteiger partial charge in [-0.1, -0.05) is 26.0 Å². The van der Waals surface area contributed by atoms with Gasteiger partial charge < -0.3 is 15.4 Å². The van der Waals surface area contributed by atoms with Gasteiger partial charge in [0.2, 0.25) is 0 Å². The zero-order valence-corrected chi connectivity index (χ0v) is 10.3. The lowest BCUT2D eigenvalue weighted by Gasteiger charge is -2.23. The van der Waals surface area contributed by atoms with Gasteiger partial charge in [0.25, 0.3) is 0 Å². The van der Waals surface area contributed by atoms with Gasteiger partial charge in [-0.3, -0.25) is 0 Å². The molecule has 0 aliphatic heterocycles. The normalized spacial score (nSPS) is 12.2. The van der Waals surface area contributed by atoms with E-state index in [4.69, 9.17) is 5.73 Å². The molecule has 0 spiro atoms. The molecule has 2 aromatic rings. The van der Waals surface area contributed by atoms with Gasteiger partial charge in [-0.2, -0.15) is 0 Å². The Hall–Kier alpha value is -1.39. The van der Waals surface area contributed by atoms with Crippen molar-refractivity contribution in [3.8, 4) is 0 Å². The van der Waals surface area contributed by atoms with Crippen LogP contribution in [0.4, 0.5) is 0 Å². The molecule has 0 aliphatic rings. The Kier molecular flexibility index (Phi) is 3.17. The number of rotatable bonds is 4. The van der Waals surface area contributed by atoms with Gasteiger partial charge in [0.1, 0.15) is 5.82 Å². The molecule has 0 saturated carbocycles. The first-order chi connectivity index (χ1) is 8.10. The van der Waals surface area contributed by atoms with Crippen molar-refractivity contribution in [3.05, 3.63) is 30.1 Å². The first-order valence-electron chi connectivity index (χ1n) is 5.87. The number of imidazole rings is 1. The van der Waals surface area contributed by atoms with Crippen LogP contribution in [0, 0.1) is 0 Å². The molecular formula is C13H19N3O. The van der Waals surface area contributed by atoms with Crippen LogP contribution in [0.1, 0.15) is 19.7 Å². The highest BCUT2D eigenvalue weighted by Crippen LogP contribution is 2.25. The van der Waals surface area contributed by atoms with Gasteiger partial charge in [-0.05, 0) is 12.1 Å². The van der Waals surface area contributed by atoms with E-state index in [0.29, 0.717) is 13.1 Å². The predicted molar refractivity (Wildman–Crippen MR) is 68.9 cm³/mol. The second kappa shape index (κ2) is 4.47. The summed E-state index contributed by atoms with van der Waals surface area (Å²) in [6.45, 7) is 5.33. The SMILES string of the molecule is CC(C)(CN)c1nc2ccccc2n1CCO. The van der Waals surface area contributed by atoms with Gasteiger partial charge >= 0.3 is 0 Å². The fourth-order valence-electron chi connectivity index (χ4n) is 2.01. The average molecular weight is 233 g/mol. The van der Waals surface area contributed by atoms with E-state index in [1.54, 1.807) is 0 Å². The van der Waals surface area contributed by atoms with E-state index in [-0.39, 0.29) is 12.0 Å². The minimum atomic E-state index is -0.186. The number of nitrogens with two attached hydrogens (primary N) is 1. The topological polar surface area (TPSA) is 64.1 Å². The molecule has 92 valence electrons. The molecule has 0 bridgehead atoms. The van der Waals surface area contributed by atoms with Gasteiger partial charge in [0, 0.05) is 18.5 Å². The maximum absolute atomic E-state index is 9.18. The molecule has 0 radical (unpaired) electrons. The van der Waals surface area contributed by atoms with E-state index in [9.17, 15) is 5.11 Å². The quantitative estimate of drug-likeness (QED) is 0.835. The third-order valence-corrected chi connectivity index (χ3v) is 3.09. The number of aliphatic hydroxyl groups excluding tert-OH is 1. The van der Waals surface area contributed by atoms with Crippen molar-refractivity contribution in [2.45, 2.75) is 25.8 Å². The van der Waals surface area contributed by atoms with Crippen LogP contribution in [-0.2, 0) is 12.0 Å². The molecule has 0 saturated heterocycles. The molecule has 0 amide bonds. The highest BCUT2D eigenvalue weighted by Gasteiger charge is 2.25. The van der Waals surface area contributed by atoms with Crippen LogP contribution < -0.4 is 5.73 Å². The van der Waals surface area contributed by atoms with E-state index in [1.807, 2.05) is 24.3 Å². The number of fused-ring (bicyclic) bond motifs is 1. The number of hydrogen-bond acceptors (Lipinski definition) is 3. The molecule has 4 heteroatoms. The molecule has 1 heterocycles. The third kappa shape index (κ3) is 2.06. The monoisotopic (exact) mass is 233 g/mol. The van der Waals surface area contributed by atoms with Gasteiger partial charge in [-0.15, -0.1) is 0 Å². The summed E-state index contributed by atoms with van der Waals surface area (Å²) < 4.78 is 2.06. The van der Waals surface area contributed by atoms with Crippen LogP contribution in [0.15, 0.2) is 24.3 Å². The lowest BCUT2D eigenvalue weighted by molar-refractivity contribution is 0.272. The Labute approximate surface area is 101 Å². The lowest BCUT2D eigenvalue weighted by atomic mass is 9.92. The molecule has 0 unspecified atom stereocenters. The summed E-state index contributed by atoms with van der Waals surface area (Å²) in [6, 6.07) is 7.96. The van der Waals surface area contributed by atoms with Crippen molar-refractivity contribution in [3.63, 3.8) is 0 Å². The summed E-state index contributed by atoms with van der Waals surface area (Å²) in [5.41, 5.74) is 7.63. The van der Waals surface area contributed by atoms with E-state index >= 15 is 0 Å². The van der Waals surface area contributed by atoms with Crippen molar-refractivity contribution < 1.29 is 5.11 Å². The number of benzene rings is 1. The highest BCUT2D eigenvalue weighted by atomic mass is 16.3. The largest absolute Gasteiger partial charge is 0.395 e. The smallest absolute Gasteiger partial charge is 0.116 e. The van der Waals surface area contributed by atoms with Crippen molar-refractivity contribution in [1.29, 1.82) is 0 Å². The molecule has 1 aromatic heterocycles. The summed E-state index contributed by atoms with van der Waals surface area (Å²) in [5, 5.41) is 9.18. The average Bonchev–Trinajstić information content (AvgIpc) is 2.70. The zero-order valence-electron chi connectivity index (χ0n) is 10.3. The van der Waals surface area contributed by atoms with Crippen LogP contribution in [0.3, 0.4) is 0 Å². The Bertz CT molecular complexity index is 516. The molecule has 0 fully saturated rings. The van der Waals surface area contributed by atoms with Gasteiger partial charge in [-0.25, -0.2) is 4.98 Å². The molecular weight excluding hydrogens is 214 g/mol. The van der Waals surface area contributed by atoms with Crippen molar-refractivity contribution in [2.75, 3.05) is 13.2 Å². The fraction of sp³-hybridized carbons (Fsp3) is 0.462. The Morgan fingerprint density at radius 2 is 2.06 bits per heavy atom. The molecule has 4 nitrogen and oxygen atoms in total. The first kappa shape index (κ1) is 12.1. The van der Waals surface area contributed by atoms with Gasteiger partial charge in [0.05, 0.1) is 17.6 Å². The van der Waals surface area contributed by atoms with Crippen LogP contribution in [-0.4, -0.2) is 27.8 Å². The molecule has 3 N–H and O–H groups in total. The van der Waals surface area contributed by atoms with Crippen molar-refractivity contribution >= 4 is 11.0 Å². The van der Waals surface area contributed by atoms with E-state index in [1.165, 1.54) is 0 Å². The Morgan fingerprint density at radius 3 is 2.71 bits per heavy atom. The summed E-state index contributed by atoms with van der Waals surface area (Å²) in [7, 11) is 0. The maximum Gasteiger partial charge on any atom is 0.116 e. The zero-order chi connectivity index (χ0) is 12.5. The van der Waals surface area contributed by atoms with Crippen LogP contribution in [0.5, 0.6) is 0 Å². The summed E-state index contributed by atoms with van der Waals surface area (Å²) in [4.78, 5) is 4.65. The Balaban J connectivity index is 2.65. The predicted octanol–water partition coefficient (Wildman–Crippen LogP) is 1.26. The molecule has 0 atom stereocenters. The molecule has 1 aromatic carbocycles. The van der Waals surface area contributed by atoms with Crippen LogP contribution in [0.25, 0.3) is 11.0 Å². The minimum absolute atomic E-state index is 0.105. The number of hydrogen-bond donors (Lipinski definition) is 2. The summed E-state index contributed by atoms with van der Waals surface area (Å²) in [5.74, 6) is 0.940. The standard InChI is InChI=1S/C13H19N3O/c1-13(2,9-14)12-15-10-5-3-4-6-11(10)16(12)7-8-17/h3-6,17H,7-9,14H2,1-2H3. The van der Waals surface area contributed by atoms with E-state index in [2.05, 4.69) is 23.4 Å². The molecule has 0 aliphatic carbocycles. The lowest BCUT2D eigenvalue weighted by Crippen LogP contribution is -2.32. The number of para-hydroxylation sites is 2. The summed E-state index contributed by atoms with van der Waals surface area (Å²) in [6.07, 6.45) is 0. The van der Waals surface area contributed by atoms with Crippen molar-refractivity contribution in [1.82, 2.24) is 9.55 Å². The third-order valence-electron chi connectivity index (χ3n) is 3.09. The summed E-state index contributed by atoms with van der Waals surface area (Å²) >= 11 is 0. The molecule has 17 heavy (non-hydrogen) atoms. The first-order valence-corrected chi connectivity index (χ1v) is 5.87. The molecule has 2 rings (SSSR count). The number of aliphatic hydroxyl groups is 1. The van der Waals surface area contributed by atoms with Gasteiger partial charge in [0.15, 0.2) is 0 Å². The highest BCUT2D eigenvalue weighted by molar-refractivity contribution is 5.76. The second-order valence-electron chi connectivity index (χ2n) is 4.89. The number of nitrogens with zero attached hydrogens (tertiary/aromatic N) is 2. The van der Waals surface area contributed by atoms with E-state index in [0.717, 1.165) is 16.9 Å². The Morgan fingerprint density at radius 1 is 1.35 bits per heavy atom. The van der Waals surface area contributed by atoms with Crippen LogP contribution >= 0.6 is 0 Å². The minimum Gasteiger partial charge on any atom is -0.395 e. The fourth-order valence-corrected chi connectivity index (χ4v) is 2.01. The van der Waals surface area contributed by atoms with Crippen molar-refractivity contribution in [2.24, 2.45) is 5.73 Å². The van der Waals surface area contributed by atoms with Crippen LogP contribution in [0.2, 0.25) is 0 Å².